The maximum atomic E-state index is 13.2. The molecule has 4 aromatic rings. The van der Waals surface area contributed by atoms with Gasteiger partial charge in [-0.25, -0.2) is 0 Å². The molecule has 0 aliphatic heterocycles. The standard InChI is InChI=1S/C23H15NO2/c1-24-13-20(16-8-4-5-9-21(16)24)19-12-22(25)17-10-14-6-2-3-7-15(14)11-18(17)23(19)26/h2-13H,1H3. The Morgan fingerprint density at radius 2 is 1.42 bits per heavy atom. The summed E-state index contributed by atoms with van der Waals surface area (Å²) in [6.45, 7) is 0. The van der Waals surface area contributed by atoms with E-state index in [9.17, 15) is 9.59 Å². The van der Waals surface area contributed by atoms with Gasteiger partial charge in [0.25, 0.3) is 0 Å². The number of aryl methyl sites for hydroxylation is 1. The van der Waals surface area contributed by atoms with E-state index >= 15 is 0 Å². The van der Waals surface area contributed by atoms with Gasteiger partial charge in [-0.15, -0.1) is 0 Å². The number of allylic oxidation sites excluding steroid dienone is 2. The quantitative estimate of drug-likeness (QED) is 0.501. The molecule has 1 aliphatic carbocycles. The molecule has 1 aromatic heterocycles. The Balaban J connectivity index is 1.75. The number of aromatic nitrogens is 1. The van der Waals surface area contributed by atoms with E-state index in [0.29, 0.717) is 16.7 Å². The topological polar surface area (TPSA) is 39.1 Å². The van der Waals surface area contributed by atoms with Crippen molar-refractivity contribution in [3.8, 4) is 0 Å². The molecular formula is C23H15NO2. The molecule has 3 heteroatoms. The smallest absolute Gasteiger partial charge is 0.194 e. The van der Waals surface area contributed by atoms with E-state index in [1.54, 1.807) is 0 Å². The highest BCUT2D eigenvalue weighted by Gasteiger charge is 2.28. The van der Waals surface area contributed by atoms with Crippen molar-refractivity contribution in [3.05, 3.63) is 89.6 Å². The third kappa shape index (κ3) is 2.01. The third-order valence-electron chi connectivity index (χ3n) is 5.10. The number of fused-ring (bicyclic) bond motifs is 3. The summed E-state index contributed by atoms with van der Waals surface area (Å²) in [5.74, 6) is -0.213. The lowest BCUT2D eigenvalue weighted by atomic mass is 9.85. The number of para-hydroxylation sites is 1. The second-order valence-corrected chi connectivity index (χ2v) is 6.67. The summed E-state index contributed by atoms with van der Waals surface area (Å²) in [4.78, 5) is 26.0. The lowest BCUT2D eigenvalue weighted by Crippen LogP contribution is -2.16. The predicted molar refractivity (Wildman–Crippen MR) is 104 cm³/mol. The van der Waals surface area contributed by atoms with E-state index < -0.39 is 0 Å². The number of hydrogen-bond acceptors (Lipinski definition) is 2. The maximum Gasteiger partial charge on any atom is 0.194 e. The number of hydrogen-bond donors (Lipinski definition) is 0. The Labute approximate surface area is 150 Å². The highest BCUT2D eigenvalue weighted by Crippen LogP contribution is 2.34. The first-order chi connectivity index (χ1) is 12.6. The molecule has 1 aliphatic rings. The van der Waals surface area contributed by atoms with Crippen molar-refractivity contribution >= 4 is 38.8 Å². The first kappa shape index (κ1) is 14.8. The lowest BCUT2D eigenvalue weighted by Gasteiger charge is -2.16. The van der Waals surface area contributed by atoms with Crippen LogP contribution in [0.15, 0.2) is 72.9 Å². The first-order valence-electron chi connectivity index (χ1n) is 8.51. The number of rotatable bonds is 1. The van der Waals surface area contributed by atoms with E-state index in [1.165, 1.54) is 6.08 Å². The second kappa shape index (κ2) is 5.27. The van der Waals surface area contributed by atoms with Crippen molar-refractivity contribution < 1.29 is 9.59 Å². The molecule has 1 heterocycles. The van der Waals surface area contributed by atoms with Crippen molar-refractivity contribution in [2.24, 2.45) is 7.05 Å². The molecule has 0 atom stereocenters. The normalized spacial score (nSPS) is 14.0. The summed E-state index contributed by atoms with van der Waals surface area (Å²) in [5, 5.41) is 2.91. The van der Waals surface area contributed by atoms with Gasteiger partial charge in [0.05, 0.1) is 0 Å². The molecule has 0 bridgehead atoms. The van der Waals surface area contributed by atoms with Crippen LogP contribution in [0.4, 0.5) is 0 Å². The highest BCUT2D eigenvalue weighted by atomic mass is 16.1. The molecule has 0 fully saturated rings. The predicted octanol–water partition coefficient (Wildman–Crippen LogP) is 4.79. The molecule has 3 nitrogen and oxygen atoms in total. The molecule has 0 saturated heterocycles. The van der Waals surface area contributed by atoms with Crippen molar-refractivity contribution in [3.63, 3.8) is 0 Å². The zero-order valence-electron chi connectivity index (χ0n) is 14.2. The number of carbonyl (C=O) groups excluding carboxylic acids is 2. The monoisotopic (exact) mass is 337 g/mol. The summed E-state index contributed by atoms with van der Waals surface area (Å²) in [6, 6.07) is 19.4. The number of nitrogens with zero attached hydrogens (tertiary/aromatic N) is 1. The third-order valence-corrected chi connectivity index (χ3v) is 5.10. The van der Waals surface area contributed by atoms with Gasteiger partial charge in [0.15, 0.2) is 11.6 Å². The molecule has 5 rings (SSSR count). The molecule has 0 unspecified atom stereocenters. The van der Waals surface area contributed by atoms with Crippen LogP contribution in [0.25, 0.3) is 27.2 Å². The SMILES string of the molecule is Cn1cc(C2=CC(=O)c3cc4ccccc4cc3C2=O)c2ccccc21. The molecule has 0 N–H and O–H groups in total. The number of carbonyl (C=O) groups is 2. The maximum absolute atomic E-state index is 13.2. The minimum atomic E-state index is -0.117. The zero-order chi connectivity index (χ0) is 17.8. The molecule has 3 aromatic carbocycles. The fourth-order valence-corrected chi connectivity index (χ4v) is 3.81. The summed E-state index contributed by atoms with van der Waals surface area (Å²) in [7, 11) is 1.95. The van der Waals surface area contributed by atoms with Gasteiger partial charge in [-0.05, 0) is 35.0 Å². The molecular weight excluding hydrogens is 322 g/mol. The summed E-state index contributed by atoms with van der Waals surface area (Å²) >= 11 is 0. The van der Waals surface area contributed by atoms with Crippen LogP contribution in [-0.4, -0.2) is 16.1 Å². The minimum Gasteiger partial charge on any atom is -0.350 e. The molecule has 26 heavy (non-hydrogen) atoms. The summed E-state index contributed by atoms with van der Waals surface area (Å²) in [6.07, 6.45) is 3.41. The van der Waals surface area contributed by atoms with Gasteiger partial charge in [-0.1, -0.05) is 42.5 Å². The lowest BCUT2D eigenvalue weighted by molar-refractivity contribution is 0.100. The number of benzene rings is 3. The Hall–Kier alpha value is -3.46. The average Bonchev–Trinajstić information content (AvgIpc) is 3.00. The van der Waals surface area contributed by atoms with Crippen molar-refractivity contribution in [2.45, 2.75) is 0 Å². The highest BCUT2D eigenvalue weighted by molar-refractivity contribution is 6.40. The molecule has 0 amide bonds. The Morgan fingerprint density at radius 1 is 0.769 bits per heavy atom. The van der Waals surface area contributed by atoms with Crippen molar-refractivity contribution in [2.75, 3.05) is 0 Å². The van der Waals surface area contributed by atoms with E-state index in [2.05, 4.69) is 0 Å². The second-order valence-electron chi connectivity index (χ2n) is 6.67. The van der Waals surface area contributed by atoms with Crippen LogP contribution in [0.5, 0.6) is 0 Å². The van der Waals surface area contributed by atoms with E-state index in [-0.39, 0.29) is 11.6 Å². The van der Waals surface area contributed by atoms with Gasteiger partial charge < -0.3 is 4.57 Å². The fourth-order valence-electron chi connectivity index (χ4n) is 3.81. The summed E-state index contributed by atoms with van der Waals surface area (Å²) < 4.78 is 1.99. The molecule has 0 spiro atoms. The van der Waals surface area contributed by atoms with Crippen molar-refractivity contribution in [1.29, 1.82) is 0 Å². The van der Waals surface area contributed by atoms with Gasteiger partial charge in [0.1, 0.15) is 0 Å². The number of ketones is 2. The molecule has 124 valence electrons. The zero-order valence-corrected chi connectivity index (χ0v) is 14.2. The minimum absolute atomic E-state index is 0.0956. The van der Waals surface area contributed by atoms with Crippen LogP contribution in [0.1, 0.15) is 26.3 Å². The largest absolute Gasteiger partial charge is 0.350 e. The van der Waals surface area contributed by atoms with Gasteiger partial charge in [0, 0.05) is 46.4 Å². The van der Waals surface area contributed by atoms with Crippen LogP contribution >= 0.6 is 0 Å². The summed E-state index contributed by atoms with van der Waals surface area (Å²) in [5.41, 5.74) is 3.28. The van der Waals surface area contributed by atoms with Crippen LogP contribution in [0.3, 0.4) is 0 Å². The molecule has 0 radical (unpaired) electrons. The van der Waals surface area contributed by atoms with Crippen LogP contribution < -0.4 is 0 Å². The van der Waals surface area contributed by atoms with E-state index in [1.807, 2.05) is 78.5 Å². The molecule has 0 saturated carbocycles. The van der Waals surface area contributed by atoms with Gasteiger partial charge >= 0.3 is 0 Å². The number of Topliss-reactive ketones (excluding diaryl/α,β-unsaturated/α-hetero) is 1. The Morgan fingerprint density at radius 3 is 2.19 bits per heavy atom. The van der Waals surface area contributed by atoms with Crippen LogP contribution in [0.2, 0.25) is 0 Å². The van der Waals surface area contributed by atoms with Crippen LogP contribution in [-0.2, 0) is 7.05 Å². The fraction of sp³-hybridized carbons (Fsp3) is 0.0435. The average molecular weight is 337 g/mol. The van der Waals surface area contributed by atoms with E-state index in [0.717, 1.165) is 27.2 Å². The van der Waals surface area contributed by atoms with Gasteiger partial charge in [-0.2, -0.15) is 0 Å². The Bertz CT molecular complexity index is 1270. The van der Waals surface area contributed by atoms with Gasteiger partial charge in [-0.3, -0.25) is 9.59 Å². The van der Waals surface area contributed by atoms with Crippen LogP contribution in [0, 0.1) is 0 Å². The van der Waals surface area contributed by atoms with Gasteiger partial charge in [0.2, 0.25) is 0 Å². The Kier molecular flexibility index (Phi) is 3.01. The van der Waals surface area contributed by atoms with Crippen molar-refractivity contribution in [1.82, 2.24) is 4.57 Å². The first-order valence-corrected chi connectivity index (χ1v) is 8.51. The van der Waals surface area contributed by atoms with E-state index in [4.69, 9.17) is 0 Å².